The highest BCUT2D eigenvalue weighted by Crippen LogP contribution is 2.25. The van der Waals surface area contributed by atoms with E-state index < -0.39 is 0 Å². The number of guanidine groups is 1. The summed E-state index contributed by atoms with van der Waals surface area (Å²) in [5.74, 6) is 3.14. The van der Waals surface area contributed by atoms with Crippen LogP contribution in [-0.2, 0) is 13.1 Å². The zero-order valence-corrected chi connectivity index (χ0v) is 20.6. The maximum Gasteiger partial charge on any atom is 0.194 e. The molecule has 0 unspecified atom stereocenters. The summed E-state index contributed by atoms with van der Waals surface area (Å²) in [6, 6.07) is 11.7. The average molecular weight is 536 g/mol. The van der Waals surface area contributed by atoms with Crippen molar-refractivity contribution < 1.29 is 9.47 Å². The van der Waals surface area contributed by atoms with E-state index in [1.165, 1.54) is 0 Å². The molecule has 1 N–H and O–H groups in total. The van der Waals surface area contributed by atoms with Gasteiger partial charge in [0.2, 0.25) is 0 Å². The molecule has 0 atom stereocenters. The largest absolute Gasteiger partial charge is 0.497 e. The van der Waals surface area contributed by atoms with Gasteiger partial charge in [-0.25, -0.2) is 14.7 Å². The number of nitrogens with one attached hydrogen (secondary N) is 1. The highest BCUT2D eigenvalue weighted by molar-refractivity contribution is 14.0. The SMILES string of the molecule is CCNC(=NCc1ccnc(-n2cccn2)c1)N(C)Cc1ccc(OC)cc1OC.I. The molecule has 2 heterocycles. The summed E-state index contributed by atoms with van der Waals surface area (Å²) < 4.78 is 12.5. The molecule has 8 nitrogen and oxygen atoms in total. The van der Waals surface area contributed by atoms with Crippen molar-refractivity contribution in [2.45, 2.75) is 20.0 Å². The van der Waals surface area contributed by atoms with Crippen molar-refractivity contribution in [2.75, 3.05) is 27.8 Å². The Balaban J connectivity index is 0.00000341. The van der Waals surface area contributed by atoms with Crippen LogP contribution in [0.25, 0.3) is 5.82 Å². The number of hydrogen-bond acceptors (Lipinski definition) is 5. The molecule has 0 fully saturated rings. The molecule has 0 saturated carbocycles. The molecule has 0 aliphatic carbocycles. The maximum atomic E-state index is 5.52. The lowest BCUT2D eigenvalue weighted by Gasteiger charge is -2.23. The van der Waals surface area contributed by atoms with Crippen molar-refractivity contribution >= 4 is 29.9 Å². The third kappa shape index (κ3) is 6.58. The first-order chi connectivity index (χ1) is 14.6. The van der Waals surface area contributed by atoms with Crippen LogP contribution in [0.2, 0.25) is 0 Å². The summed E-state index contributed by atoms with van der Waals surface area (Å²) in [6.45, 7) is 4.01. The zero-order valence-electron chi connectivity index (χ0n) is 18.3. The number of pyridine rings is 1. The number of rotatable bonds is 8. The van der Waals surface area contributed by atoms with E-state index in [1.807, 2.05) is 49.6 Å². The summed E-state index contributed by atoms with van der Waals surface area (Å²) >= 11 is 0. The summed E-state index contributed by atoms with van der Waals surface area (Å²) in [7, 11) is 5.32. The van der Waals surface area contributed by atoms with Gasteiger partial charge in [-0.2, -0.15) is 5.10 Å². The minimum absolute atomic E-state index is 0. The Morgan fingerprint density at radius 2 is 2.00 bits per heavy atom. The third-order valence-electron chi connectivity index (χ3n) is 4.56. The highest BCUT2D eigenvalue weighted by Gasteiger charge is 2.11. The van der Waals surface area contributed by atoms with E-state index in [2.05, 4.69) is 27.2 Å². The molecule has 9 heteroatoms. The molecule has 0 aliphatic rings. The lowest BCUT2D eigenvalue weighted by atomic mass is 10.2. The molecule has 3 aromatic rings. The molecule has 166 valence electrons. The zero-order chi connectivity index (χ0) is 21.3. The third-order valence-corrected chi connectivity index (χ3v) is 4.56. The van der Waals surface area contributed by atoms with Crippen molar-refractivity contribution in [3.63, 3.8) is 0 Å². The summed E-state index contributed by atoms with van der Waals surface area (Å²) in [5.41, 5.74) is 2.11. The molecule has 0 saturated heterocycles. The molecule has 0 aliphatic heterocycles. The number of ether oxygens (including phenoxy) is 2. The number of halogens is 1. The van der Waals surface area contributed by atoms with Gasteiger partial charge in [0.1, 0.15) is 11.5 Å². The van der Waals surface area contributed by atoms with Gasteiger partial charge in [0.15, 0.2) is 11.8 Å². The van der Waals surface area contributed by atoms with E-state index in [0.717, 1.165) is 40.9 Å². The Morgan fingerprint density at radius 3 is 2.68 bits per heavy atom. The van der Waals surface area contributed by atoms with Crippen molar-refractivity contribution in [1.82, 2.24) is 25.0 Å². The second-order valence-corrected chi connectivity index (χ2v) is 6.68. The molecule has 3 rings (SSSR count). The van der Waals surface area contributed by atoms with Crippen LogP contribution in [0.3, 0.4) is 0 Å². The molecule has 2 aromatic heterocycles. The molecule has 31 heavy (non-hydrogen) atoms. The maximum absolute atomic E-state index is 5.52. The molecule has 0 bridgehead atoms. The van der Waals surface area contributed by atoms with Gasteiger partial charge in [-0.3, -0.25) is 0 Å². The van der Waals surface area contributed by atoms with E-state index in [0.29, 0.717) is 13.1 Å². The standard InChI is InChI=1S/C22H28N6O2.HI/c1-5-23-22(27(2)16-18-7-8-19(29-3)14-20(18)30-4)25-15-17-9-11-24-21(13-17)28-12-6-10-26-28;/h6-14H,5,15-16H2,1-4H3,(H,23,25);1H. The van der Waals surface area contributed by atoms with Crippen LogP contribution in [-0.4, -0.2) is 53.4 Å². The summed E-state index contributed by atoms with van der Waals surface area (Å²) in [5, 5.41) is 7.59. The second-order valence-electron chi connectivity index (χ2n) is 6.68. The fourth-order valence-electron chi connectivity index (χ4n) is 3.04. The molecular formula is C22H29IN6O2. The van der Waals surface area contributed by atoms with Crippen LogP contribution in [0, 0.1) is 0 Å². The number of aromatic nitrogens is 3. The van der Waals surface area contributed by atoms with Crippen LogP contribution in [0.15, 0.2) is 60.0 Å². The Hall–Kier alpha value is -2.82. The minimum Gasteiger partial charge on any atom is -0.497 e. The number of aliphatic imine (C=N–C) groups is 1. The van der Waals surface area contributed by atoms with Gasteiger partial charge in [-0.1, -0.05) is 0 Å². The van der Waals surface area contributed by atoms with Gasteiger partial charge in [-0.15, -0.1) is 24.0 Å². The first-order valence-electron chi connectivity index (χ1n) is 9.80. The van der Waals surface area contributed by atoms with Gasteiger partial charge in [0.05, 0.1) is 20.8 Å². The van der Waals surface area contributed by atoms with Gasteiger partial charge >= 0.3 is 0 Å². The smallest absolute Gasteiger partial charge is 0.194 e. The first kappa shape index (κ1) is 24.4. The molecule has 0 spiro atoms. The fourth-order valence-corrected chi connectivity index (χ4v) is 3.04. The van der Waals surface area contributed by atoms with E-state index in [4.69, 9.17) is 14.5 Å². The molecule has 0 amide bonds. The number of benzene rings is 1. The molecule has 0 radical (unpaired) electrons. The fraction of sp³-hybridized carbons (Fsp3) is 0.318. The average Bonchev–Trinajstić information content (AvgIpc) is 3.32. The van der Waals surface area contributed by atoms with Gasteiger partial charge in [-0.05, 0) is 42.8 Å². The van der Waals surface area contributed by atoms with Crippen LogP contribution >= 0.6 is 24.0 Å². The molecular weight excluding hydrogens is 507 g/mol. The summed E-state index contributed by atoms with van der Waals surface area (Å²) in [6.07, 6.45) is 5.38. The number of methoxy groups -OCH3 is 2. The highest BCUT2D eigenvalue weighted by atomic mass is 127. The Kier molecular flexibility index (Phi) is 9.57. The summed E-state index contributed by atoms with van der Waals surface area (Å²) in [4.78, 5) is 11.2. The van der Waals surface area contributed by atoms with Crippen LogP contribution in [0.1, 0.15) is 18.1 Å². The lowest BCUT2D eigenvalue weighted by Crippen LogP contribution is -2.38. The van der Waals surface area contributed by atoms with Crippen molar-refractivity contribution in [3.8, 4) is 17.3 Å². The second kappa shape index (κ2) is 12.1. The van der Waals surface area contributed by atoms with Crippen LogP contribution in [0.5, 0.6) is 11.5 Å². The number of hydrogen-bond donors (Lipinski definition) is 1. The number of nitrogens with zero attached hydrogens (tertiary/aromatic N) is 5. The Morgan fingerprint density at radius 1 is 1.16 bits per heavy atom. The Labute approximate surface area is 200 Å². The van der Waals surface area contributed by atoms with E-state index in [9.17, 15) is 0 Å². The topological polar surface area (TPSA) is 76.8 Å². The van der Waals surface area contributed by atoms with Crippen molar-refractivity contribution in [1.29, 1.82) is 0 Å². The minimum atomic E-state index is 0. The predicted octanol–water partition coefficient (Wildman–Crippen LogP) is 3.50. The van der Waals surface area contributed by atoms with Crippen molar-refractivity contribution in [3.05, 3.63) is 66.1 Å². The van der Waals surface area contributed by atoms with Gasteiger partial charge < -0.3 is 19.7 Å². The lowest BCUT2D eigenvalue weighted by molar-refractivity contribution is 0.382. The quantitative estimate of drug-likeness (QED) is 0.270. The normalized spacial score (nSPS) is 10.9. The monoisotopic (exact) mass is 536 g/mol. The Bertz CT molecular complexity index is 978. The van der Waals surface area contributed by atoms with E-state index in [1.54, 1.807) is 31.3 Å². The van der Waals surface area contributed by atoms with Crippen LogP contribution < -0.4 is 14.8 Å². The van der Waals surface area contributed by atoms with Crippen LogP contribution in [0.4, 0.5) is 0 Å². The first-order valence-corrected chi connectivity index (χ1v) is 9.80. The van der Waals surface area contributed by atoms with Gasteiger partial charge in [0, 0.05) is 50.4 Å². The van der Waals surface area contributed by atoms with E-state index in [-0.39, 0.29) is 24.0 Å². The van der Waals surface area contributed by atoms with E-state index >= 15 is 0 Å². The predicted molar refractivity (Wildman–Crippen MR) is 133 cm³/mol. The van der Waals surface area contributed by atoms with Gasteiger partial charge in [0.25, 0.3) is 0 Å². The molecule has 1 aromatic carbocycles. The van der Waals surface area contributed by atoms with Crippen molar-refractivity contribution in [2.24, 2.45) is 4.99 Å².